The van der Waals surface area contributed by atoms with Gasteiger partial charge in [0.05, 0.1) is 16.7 Å². The van der Waals surface area contributed by atoms with Crippen molar-refractivity contribution in [3.05, 3.63) is 72.2 Å². The predicted molar refractivity (Wildman–Crippen MR) is 142 cm³/mol. The molecule has 9 nitrogen and oxygen atoms in total. The molecule has 4 rings (SSSR count). The van der Waals surface area contributed by atoms with Gasteiger partial charge < -0.3 is 15.0 Å². The highest BCUT2D eigenvalue weighted by Crippen LogP contribution is 2.30. The van der Waals surface area contributed by atoms with E-state index in [1.807, 2.05) is 13.8 Å². The average molecular weight is 541 g/mol. The number of pyridine rings is 1. The van der Waals surface area contributed by atoms with E-state index in [1.165, 1.54) is 29.2 Å². The second kappa shape index (κ2) is 11.3. The fraction of sp³-hybridized carbons (Fsp3) is 0.296. The van der Waals surface area contributed by atoms with E-state index < -0.39 is 33.6 Å². The van der Waals surface area contributed by atoms with Crippen molar-refractivity contribution in [1.29, 1.82) is 0 Å². The number of carbonyl (C=O) groups excluding carboxylic acids is 2. The molecule has 0 radical (unpaired) electrons. The van der Waals surface area contributed by atoms with Crippen LogP contribution in [0.3, 0.4) is 0 Å². The number of hydrogen-bond acceptors (Lipinski definition) is 6. The smallest absolute Gasteiger partial charge is 0.323 e. The van der Waals surface area contributed by atoms with Crippen molar-refractivity contribution in [1.82, 2.24) is 9.88 Å². The number of aromatic nitrogens is 1. The summed E-state index contributed by atoms with van der Waals surface area (Å²) in [6, 6.07) is 12.4. The number of likely N-dealkylation sites (tertiary alicyclic amines) is 1. The molecule has 2 N–H and O–H groups in total. The molecule has 0 unspecified atom stereocenters. The highest BCUT2D eigenvalue weighted by Gasteiger charge is 2.40. The van der Waals surface area contributed by atoms with E-state index in [0.717, 1.165) is 11.8 Å². The molecule has 2 aromatic carbocycles. The second-order valence-electron chi connectivity index (χ2n) is 9.08. The number of amides is 3. The highest BCUT2D eigenvalue weighted by atomic mass is 32.2. The molecular formula is C27H29FN4O5S. The molecule has 200 valence electrons. The first-order chi connectivity index (χ1) is 18.1. The van der Waals surface area contributed by atoms with Crippen LogP contribution < -0.4 is 10.6 Å². The number of carbonyl (C=O) groups is 2. The minimum atomic E-state index is -3.54. The Hall–Kier alpha value is -3.83. The van der Waals surface area contributed by atoms with E-state index in [-0.39, 0.29) is 29.7 Å². The molecule has 0 saturated carbocycles. The number of benzene rings is 2. The molecule has 1 aliphatic heterocycles. The molecule has 38 heavy (non-hydrogen) atoms. The molecule has 0 spiro atoms. The van der Waals surface area contributed by atoms with Crippen LogP contribution in [0.1, 0.15) is 18.9 Å². The van der Waals surface area contributed by atoms with Crippen molar-refractivity contribution in [3.63, 3.8) is 0 Å². The zero-order valence-corrected chi connectivity index (χ0v) is 22.1. The molecule has 1 aromatic heterocycles. The normalized spacial score (nSPS) is 17.3. The lowest BCUT2D eigenvalue weighted by Gasteiger charge is -2.24. The lowest BCUT2D eigenvalue weighted by atomic mass is 10.0. The first-order valence-corrected chi connectivity index (χ1v) is 14.0. The maximum Gasteiger partial charge on any atom is 0.323 e. The van der Waals surface area contributed by atoms with Gasteiger partial charge in [-0.15, -0.1) is 0 Å². The Kier molecular flexibility index (Phi) is 8.08. The van der Waals surface area contributed by atoms with Gasteiger partial charge in [-0.25, -0.2) is 22.6 Å². The number of anilines is 2. The number of urea groups is 1. The van der Waals surface area contributed by atoms with Crippen LogP contribution in [0.4, 0.5) is 20.7 Å². The lowest BCUT2D eigenvalue weighted by molar-refractivity contribution is -0.119. The Morgan fingerprint density at radius 1 is 1.13 bits per heavy atom. The summed E-state index contributed by atoms with van der Waals surface area (Å²) in [7, 11) is -3.54. The van der Waals surface area contributed by atoms with Crippen LogP contribution in [0, 0.1) is 12.7 Å². The summed E-state index contributed by atoms with van der Waals surface area (Å²) in [6.45, 7) is 4.31. The maximum atomic E-state index is 15.1. The summed E-state index contributed by atoms with van der Waals surface area (Å²) >= 11 is 0. The molecule has 3 amide bonds. The van der Waals surface area contributed by atoms with Crippen LogP contribution >= 0.6 is 0 Å². The Balaban J connectivity index is 1.53. The van der Waals surface area contributed by atoms with Gasteiger partial charge >= 0.3 is 6.03 Å². The third-order valence-electron chi connectivity index (χ3n) is 6.20. The van der Waals surface area contributed by atoms with Crippen LogP contribution in [0.25, 0.3) is 11.1 Å². The fourth-order valence-electron chi connectivity index (χ4n) is 4.38. The minimum Gasteiger partial charge on any atom is -0.377 e. The van der Waals surface area contributed by atoms with E-state index >= 15 is 4.39 Å². The Morgan fingerprint density at radius 3 is 2.55 bits per heavy atom. The van der Waals surface area contributed by atoms with Crippen molar-refractivity contribution >= 4 is 33.3 Å². The molecule has 1 fully saturated rings. The quantitative estimate of drug-likeness (QED) is 0.463. The van der Waals surface area contributed by atoms with E-state index in [1.54, 1.807) is 36.5 Å². The molecule has 2 atom stereocenters. The van der Waals surface area contributed by atoms with E-state index in [0.29, 0.717) is 23.6 Å². The van der Waals surface area contributed by atoms with Crippen LogP contribution in [-0.2, 0) is 19.4 Å². The van der Waals surface area contributed by atoms with Crippen molar-refractivity contribution in [2.75, 3.05) is 30.0 Å². The van der Waals surface area contributed by atoms with Gasteiger partial charge in [-0.1, -0.05) is 30.3 Å². The number of hydrogen-bond donors (Lipinski definition) is 2. The molecular weight excluding hydrogens is 511 g/mol. The van der Waals surface area contributed by atoms with Crippen LogP contribution in [0.2, 0.25) is 0 Å². The summed E-state index contributed by atoms with van der Waals surface area (Å²) in [5.41, 5.74) is 1.56. The van der Waals surface area contributed by atoms with Gasteiger partial charge in [0, 0.05) is 37.6 Å². The van der Waals surface area contributed by atoms with Crippen molar-refractivity contribution in [2.24, 2.45) is 0 Å². The number of halogens is 1. The van der Waals surface area contributed by atoms with Gasteiger partial charge in [-0.05, 0) is 49.2 Å². The topological polar surface area (TPSA) is 118 Å². The van der Waals surface area contributed by atoms with Gasteiger partial charge in [0.15, 0.2) is 9.84 Å². The highest BCUT2D eigenvalue weighted by molar-refractivity contribution is 7.90. The summed E-state index contributed by atoms with van der Waals surface area (Å²) in [6.07, 6.45) is 2.60. The zero-order chi connectivity index (χ0) is 27.4. The Labute approximate surface area is 220 Å². The summed E-state index contributed by atoms with van der Waals surface area (Å²) in [4.78, 5) is 31.8. The molecule has 0 aliphatic carbocycles. The molecule has 0 bridgehead atoms. The molecule has 3 aromatic rings. The van der Waals surface area contributed by atoms with Gasteiger partial charge in [0.1, 0.15) is 17.7 Å². The van der Waals surface area contributed by atoms with E-state index in [4.69, 9.17) is 4.74 Å². The molecule has 11 heteroatoms. The van der Waals surface area contributed by atoms with Gasteiger partial charge in [0.25, 0.3) is 0 Å². The van der Waals surface area contributed by atoms with Gasteiger partial charge in [-0.3, -0.25) is 10.1 Å². The number of sulfone groups is 1. The number of nitrogens with zero attached hydrogens (tertiary/aromatic N) is 2. The molecule has 2 heterocycles. The van der Waals surface area contributed by atoms with Gasteiger partial charge in [0.2, 0.25) is 5.91 Å². The first-order valence-electron chi connectivity index (χ1n) is 12.1. The zero-order valence-electron chi connectivity index (χ0n) is 21.3. The van der Waals surface area contributed by atoms with E-state index in [2.05, 4.69) is 15.6 Å². The first kappa shape index (κ1) is 27.2. The number of ether oxygens (including phenoxy) is 1. The molecule has 1 saturated heterocycles. The predicted octanol–water partition coefficient (Wildman–Crippen LogP) is 4.25. The lowest BCUT2D eigenvalue weighted by Crippen LogP contribution is -2.45. The largest absolute Gasteiger partial charge is 0.377 e. The number of aryl methyl sites for hydroxylation is 1. The summed E-state index contributed by atoms with van der Waals surface area (Å²) in [5.74, 6) is -0.962. The minimum absolute atomic E-state index is 0.0776. The number of nitrogens with one attached hydrogen (secondary N) is 2. The third kappa shape index (κ3) is 6.17. The van der Waals surface area contributed by atoms with Crippen LogP contribution in [0.15, 0.2) is 65.7 Å². The molecule has 1 aliphatic rings. The average Bonchev–Trinajstić information content (AvgIpc) is 3.31. The van der Waals surface area contributed by atoms with Gasteiger partial charge in [-0.2, -0.15) is 0 Å². The van der Waals surface area contributed by atoms with Crippen LogP contribution in [0.5, 0.6) is 0 Å². The maximum absolute atomic E-state index is 15.1. The van der Waals surface area contributed by atoms with Crippen molar-refractivity contribution < 1.29 is 27.1 Å². The summed E-state index contributed by atoms with van der Waals surface area (Å²) < 4.78 is 45.1. The van der Waals surface area contributed by atoms with E-state index in [9.17, 15) is 18.0 Å². The Morgan fingerprint density at radius 2 is 1.89 bits per heavy atom. The van der Waals surface area contributed by atoms with Crippen molar-refractivity contribution in [3.8, 4) is 11.1 Å². The second-order valence-corrected chi connectivity index (χ2v) is 11.1. The van der Waals surface area contributed by atoms with Crippen LogP contribution in [-0.4, -0.2) is 61.8 Å². The monoisotopic (exact) mass is 540 g/mol. The fourth-order valence-corrected chi connectivity index (χ4v) is 5.29. The SMILES string of the molecule is CCO[C@@H]1C[C@H](C(=O)Nc2ccc(-c3ccccc3S(C)(=O)=O)cc2F)N(C(=O)Nc2ccc(C)cn2)C1. The Bertz CT molecular complexity index is 1450. The standard InChI is InChI=1S/C27H29FN4O5S/c1-4-37-19-14-23(32(16-19)27(34)31-25-12-9-17(2)15-29-25)26(33)30-22-11-10-18(13-21(22)28)20-7-5-6-8-24(20)38(3,35)36/h5-13,15,19,23H,4,14,16H2,1-3H3,(H,30,33)(H,29,31,34)/t19-,23-/m1/s1. The third-order valence-corrected chi connectivity index (χ3v) is 7.35. The number of rotatable bonds is 7. The van der Waals surface area contributed by atoms with Crippen molar-refractivity contribution in [2.45, 2.75) is 37.3 Å². The summed E-state index contributed by atoms with van der Waals surface area (Å²) in [5, 5.41) is 5.26.